The van der Waals surface area contributed by atoms with Crippen LogP contribution in [0.5, 0.6) is 0 Å². The molecule has 4 atom stereocenters. The van der Waals surface area contributed by atoms with Crippen LogP contribution >= 0.6 is 0 Å². The Labute approximate surface area is 302 Å². The van der Waals surface area contributed by atoms with E-state index in [1.807, 2.05) is 12.1 Å². The van der Waals surface area contributed by atoms with Crippen molar-refractivity contribution >= 4 is 39.7 Å². The van der Waals surface area contributed by atoms with Crippen molar-refractivity contribution in [1.82, 2.24) is 35.3 Å². The van der Waals surface area contributed by atoms with Crippen molar-refractivity contribution in [3.05, 3.63) is 60.7 Å². The minimum Gasteiger partial charge on any atom is -0.443 e. The predicted octanol–water partition coefficient (Wildman–Crippen LogP) is 3.00. The van der Waals surface area contributed by atoms with Crippen molar-refractivity contribution in [2.75, 3.05) is 6.54 Å². The monoisotopic (exact) mass is 736 g/mol. The molecule has 2 saturated carbocycles. The Hall–Kier alpha value is -5.06. The molecule has 1 aliphatic heterocycles. The second-order valence-corrected chi connectivity index (χ2v) is 17.4. The highest BCUT2D eigenvalue weighted by Crippen LogP contribution is 2.45. The van der Waals surface area contributed by atoms with E-state index in [1.165, 1.54) is 11.0 Å². The number of sulfonamides is 1. The molecule has 16 nitrogen and oxygen atoms in total. The van der Waals surface area contributed by atoms with Crippen LogP contribution in [0.2, 0.25) is 0 Å². The van der Waals surface area contributed by atoms with Gasteiger partial charge in [-0.05, 0) is 72.9 Å². The number of hydrogen-bond acceptors (Lipinski definition) is 11. The van der Waals surface area contributed by atoms with Gasteiger partial charge in [-0.1, -0.05) is 23.4 Å². The van der Waals surface area contributed by atoms with Crippen LogP contribution < -0.4 is 15.5 Å². The summed E-state index contributed by atoms with van der Waals surface area (Å²) in [6.07, 6.45) is 3.99. The van der Waals surface area contributed by atoms with E-state index in [0.29, 0.717) is 29.9 Å². The molecule has 6 rings (SSSR count). The van der Waals surface area contributed by atoms with Crippen molar-refractivity contribution in [1.29, 1.82) is 0 Å². The zero-order valence-electron chi connectivity index (χ0n) is 30.0. The van der Waals surface area contributed by atoms with Crippen molar-refractivity contribution in [2.24, 2.45) is 11.1 Å². The summed E-state index contributed by atoms with van der Waals surface area (Å²) in [4.78, 5) is 71.1. The number of hydrazine groups is 1. The molecule has 3 fully saturated rings. The number of oxime groups is 1. The summed E-state index contributed by atoms with van der Waals surface area (Å²) < 4.78 is 32.9. The minimum absolute atomic E-state index is 0.0558. The SMILES string of the molecule is C=C[C@@H]1CC1(NC(=O)[C@@H]1CC(ON=C2c3ncccc3-c3cccnc32)CN1C(=O)N(NC(=O)OC(C)(C)C)C(C)(C)C)C(=O)NS(=O)(=O)C1CC1. The lowest BCUT2D eigenvalue weighted by atomic mass is 10.1. The maximum atomic E-state index is 14.4. The molecule has 2 unspecified atom stereocenters. The van der Waals surface area contributed by atoms with Gasteiger partial charge in [0, 0.05) is 35.9 Å². The molecule has 0 spiro atoms. The molecule has 3 heterocycles. The molecule has 52 heavy (non-hydrogen) atoms. The van der Waals surface area contributed by atoms with Gasteiger partial charge >= 0.3 is 12.1 Å². The van der Waals surface area contributed by atoms with E-state index >= 15 is 0 Å². The number of urea groups is 1. The highest BCUT2D eigenvalue weighted by Gasteiger charge is 2.62. The molecular formula is C35H44N8O8S. The Balaban J connectivity index is 1.29. The van der Waals surface area contributed by atoms with E-state index in [9.17, 15) is 27.6 Å². The highest BCUT2D eigenvalue weighted by molar-refractivity contribution is 7.91. The number of aromatic nitrogens is 2. The minimum atomic E-state index is -3.91. The summed E-state index contributed by atoms with van der Waals surface area (Å²) in [5.41, 5.74) is 2.26. The number of nitrogens with zero attached hydrogens (tertiary/aromatic N) is 5. The average molecular weight is 737 g/mol. The zero-order valence-corrected chi connectivity index (χ0v) is 30.8. The molecule has 4 aliphatic rings. The fourth-order valence-electron chi connectivity index (χ4n) is 6.32. The normalized spacial score (nSPS) is 23.5. The van der Waals surface area contributed by atoms with E-state index in [-0.39, 0.29) is 19.4 Å². The van der Waals surface area contributed by atoms with Crippen LogP contribution in [-0.4, -0.2) is 98.6 Å². The van der Waals surface area contributed by atoms with Gasteiger partial charge in [-0.25, -0.2) is 28.4 Å². The van der Waals surface area contributed by atoms with E-state index < -0.39 is 74.0 Å². The Bertz CT molecular complexity index is 1900. The summed E-state index contributed by atoms with van der Waals surface area (Å²) in [6, 6.07) is 5.44. The molecule has 278 valence electrons. The van der Waals surface area contributed by atoms with E-state index in [1.54, 1.807) is 66.1 Å². The van der Waals surface area contributed by atoms with E-state index in [2.05, 4.69) is 37.2 Å². The van der Waals surface area contributed by atoms with Crippen LogP contribution in [0.3, 0.4) is 0 Å². The first kappa shape index (κ1) is 36.7. The molecular weight excluding hydrogens is 693 g/mol. The third kappa shape index (κ3) is 7.31. The van der Waals surface area contributed by atoms with Gasteiger partial charge in [0.25, 0.3) is 5.91 Å². The number of likely N-dealkylation sites (tertiary alicyclic amines) is 1. The number of ether oxygens (including phenoxy) is 1. The van der Waals surface area contributed by atoms with E-state index in [4.69, 9.17) is 9.57 Å². The molecule has 3 N–H and O–H groups in total. The fourth-order valence-corrected chi connectivity index (χ4v) is 7.69. The second-order valence-electron chi connectivity index (χ2n) is 15.5. The number of pyridine rings is 2. The van der Waals surface area contributed by atoms with Crippen LogP contribution in [0.15, 0.2) is 54.5 Å². The summed E-state index contributed by atoms with van der Waals surface area (Å²) >= 11 is 0. The molecule has 1 saturated heterocycles. The van der Waals surface area contributed by atoms with Crippen LogP contribution in [0.25, 0.3) is 11.1 Å². The third-order valence-corrected chi connectivity index (χ3v) is 11.0. The number of carbonyl (C=O) groups is 4. The predicted molar refractivity (Wildman–Crippen MR) is 189 cm³/mol. The number of amides is 5. The van der Waals surface area contributed by atoms with Gasteiger partial charge in [-0.15, -0.1) is 6.58 Å². The second kappa shape index (κ2) is 13.2. The maximum Gasteiger partial charge on any atom is 0.426 e. The molecule has 0 bridgehead atoms. The van der Waals surface area contributed by atoms with E-state index in [0.717, 1.165) is 16.1 Å². The van der Waals surface area contributed by atoms with Crippen LogP contribution in [0.4, 0.5) is 9.59 Å². The van der Waals surface area contributed by atoms with Gasteiger partial charge in [0.1, 0.15) is 34.7 Å². The largest absolute Gasteiger partial charge is 0.443 e. The topological polar surface area (TPSA) is 202 Å². The first-order valence-electron chi connectivity index (χ1n) is 17.1. The van der Waals surface area contributed by atoms with Crippen LogP contribution in [-0.2, 0) is 29.2 Å². The smallest absolute Gasteiger partial charge is 0.426 e. The van der Waals surface area contributed by atoms with Gasteiger partial charge in [-0.2, -0.15) is 0 Å². The van der Waals surface area contributed by atoms with Crippen LogP contribution in [0, 0.1) is 5.92 Å². The zero-order chi connectivity index (χ0) is 37.8. The maximum absolute atomic E-state index is 14.4. The number of fused-ring (bicyclic) bond motifs is 3. The van der Waals surface area contributed by atoms with Gasteiger partial charge in [0.05, 0.1) is 17.3 Å². The lowest BCUT2D eigenvalue weighted by molar-refractivity contribution is -0.131. The van der Waals surface area contributed by atoms with Gasteiger partial charge in [-0.3, -0.25) is 24.3 Å². The Morgan fingerprint density at radius 1 is 1.04 bits per heavy atom. The van der Waals surface area contributed by atoms with Crippen molar-refractivity contribution in [3.63, 3.8) is 0 Å². The summed E-state index contributed by atoms with van der Waals surface area (Å²) in [5.74, 6) is -2.13. The quantitative estimate of drug-likeness (QED) is 0.228. The first-order chi connectivity index (χ1) is 24.3. The molecule has 0 radical (unpaired) electrons. The summed E-state index contributed by atoms with van der Waals surface area (Å²) in [6.45, 7) is 13.7. The van der Waals surface area contributed by atoms with Crippen molar-refractivity contribution in [3.8, 4) is 11.1 Å². The number of carbonyl (C=O) groups excluding carboxylic acids is 4. The van der Waals surface area contributed by atoms with Gasteiger partial charge in [0.15, 0.2) is 5.71 Å². The Morgan fingerprint density at radius 3 is 2.17 bits per heavy atom. The van der Waals surface area contributed by atoms with Gasteiger partial charge in [0.2, 0.25) is 15.9 Å². The fraction of sp³-hybridized carbons (Fsp3) is 0.514. The lowest BCUT2D eigenvalue weighted by Gasteiger charge is -2.39. The number of nitrogens with one attached hydrogen (secondary N) is 3. The first-order valence-corrected chi connectivity index (χ1v) is 18.7. The molecule has 2 aromatic rings. The summed E-state index contributed by atoms with van der Waals surface area (Å²) in [7, 11) is -3.91. The van der Waals surface area contributed by atoms with Gasteiger partial charge < -0.3 is 19.8 Å². The standard InChI is InChI=1S/C35H44N8O8S/c1-8-20-18-35(20,30(45)41-52(48,49)22-13-14-22)38-29(44)25-17-21(19-42(25)32(47)43(33(2,3)4)39-31(46)50-34(5,6)7)51-40-28-26-23(11-9-15-36-26)24-12-10-16-37-27(24)28/h8-12,15-16,20-22,25H,1,13-14,17-19H2,2-7H3,(H,38,44)(H,39,46)(H,41,45)/t20-,21?,25+,35?/m1/s1. The third-order valence-electron chi connectivity index (χ3n) is 9.17. The molecule has 17 heteroatoms. The molecule has 2 aromatic heterocycles. The highest BCUT2D eigenvalue weighted by atomic mass is 32.2. The van der Waals surface area contributed by atoms with Crippen molar-refractivity contribution in [2.45, 2.75) is 101 Å². The molecule has 3 aliphatic carbocycles. The average Bonchev–Trinajstić information content (AvgIpc) is 3.97. The number of rotatable bonds is 8. The van der Waals surface area contributed by atoms with Crippen molar-refractivity contribution < 1.29 is 37.2 Å². The molecule has 5 amide bonds. The van der Waals surface area contributed by atoms with Crippen LogP contribution in [0.1, 0.15) is 78.6 Å². The summed E-state index contributed by atoms with van der Waals surface area (Å²) in [5, 5.41) is 7.60. The molecule has 0 aromatic carbocycles. The Morgan fingerprint density at radius 2 is 1.65 bits per heavy atom. The lowest BCUT2D eigenvalue weighted by Crippen LogP contribution is -2.63. The Kier molecular flexibility index (Phi) is 9.30. The number of hydrogen-bond donors (Lipinski definition) is 3.